The molecule has 0 fully saturated rings. The normalized spacial score (nSPS) is 22.1. The lowest BCUT2D eigenvalue weighted by molar-refractivity contribution is 0.515. The minimum Gasteiger partial charge on any atom is -0.324 e. The number of terminal acetylenes is 1. The van der Waals surface area contributed by atoms with Crippen LogP contribution in [0.2, 0.25) is 0 Å². The summed E-state index contributed by atoms with van der Waals surface area (Å²) in [4.78, 5) is 0. The monoisotopic (exact) mass is 246 g/mol. The SMILES string of the molecule is C#CCSCCNC1CC(N)c2ccccc21. The summed E-state index contributed by atoms with van der Waals surface area (Å²) < 4.78 is 0. The minimum absolute atomic E-state index is 0.182. The van der Waals surface area contributed by atoms with Crippen molar-refractivity contribution in [1.82, 2.24) is 5.32 Å². The maximum atomic E-state index is 6.12. The molecule has 0 spiro atoms. The summed E-state index contributed by atoms with van der Waals surface area (Å²) in [6, 6.07) is 9.04. The van der Waals surface area contributed by atoms with Crippen molar-refractivity contribution >= 4 is 11.8 Å². The van der Waals surface area contributed by atoms with Crippen LogP contribution in [0.25, 0.3) is 0 Å². The standard InChI is InChI=1S/C14H18N2S/c1-2-8-17-9-7-16-14-10-13(15)11-5-3-4-6-12(11)14/h1,3-6,13-14,16H,7-10,15H2. The van der Waals surface area contributed by atoms with Crippen LogP contribution in [0.4, 0.5) is 0 Å². The molecular formula is C14H18N2S. The molecule has 1 aliphatic carbocycles. The topological polar surface area (TPSA) is 38.0 Å². The van der Waals surface area contributed by atoms with Gasteiger partial charge in [-0.25, -0.2) is 0 Å². The quantitative estimate of drug-likeness (QED) is 0.617. The van der Waals surface area contributed by atoms with E-state index in [1.165, 1.54) is 11.1 Å². The number of nitrogens with two attached hydrogens (primary N) is 1. The van der Waals surface area contributed by atoms with Gasteiger partial charge in [-0.1, -0.05) is 30.2 Å². The van der Waals surface area contributed by atoms with E-state index in [4.69, 9.17) is 12.2 Å². The average Bonchev–Trinajstić information content (AvgIpc) is 2.67. The smallest absolute Gasteiger partial charge is 0.0545 e. The molecule has 90 valence electrons. The molecule has 0 saturated heterocycles. The molecule has 3 N–H and O–H groups in total. The van der Waals surface area contributed by atoms with Crippen LogP contribution >= 0.6 is 11.8 Å². The van der Waals surface area contributed by atoms with Crippen LogP contribution in [-0.4, -0.2) is 18.1 Å². The van der Waals surface area contributed by atoms with E-state index in [0.29, 0.717) is 6.04 Å². The molecular weight excluding hydrogens is 228 g/mol. The molecule has 1 aliphatic rings. The van der Waals surface area contributed by atoms with Gasteiger partial charge in [0.1, 0.15) is 0 Å². The Hall–Kier alpha value is -0.950. The maximum absolute atomic E-state index is 6.12. The van der Waals surface area contributed by atoms with Gasteiger partial charge < -0.3 is 11.1 Å². The number of nitrogens with one attached hydrogen (secondary N) is 1. The van der Waals surface area contributed by atoms with Gasteiger partial charge in [0, 0.05) is 24.4 Å². The largest absolute Gasteiger partial charge is 0.324 e. The van der Waals surface area contributed by atoms with Gasteiger partial charge in [-0.3, -0.25) is 0 Å². The number of benzene rings is 1. The molecule has 0 amide bonds. The summed E-state index contributed by atoms with van der Waals surface area (Å²) in [5.74, 6) is 4.48. The first-order valence-corrected chi connectivity index (χ1v) is 7.07. The highest BCUT2D eigenvalue weighted by Gasteiger charge is 2.27. The van der Waals surface area contributed by atoms with Crippen molar-refractivity contribution in [3.63, 3.8) is 0 Å². The number of hydrogen-bond donors (Lipinski definition) is 2. The summed E-state index contributed by atoms with van der Waals surface area (Å²) in [6.45, 7) is 0.984. The van der Waals surface area contributed by atoms with E-state index < -0.39 is 0 Å². The third-order valence-electron chi connectivity index (χ3n) is 3.08. The molecule has 0 radical (unpaired) electrons. The van der Waals surface area contributed by atoms with Gasteiger partial charge in [0.15, 0.2) is 0 Å². The molecule has 0 saturated carbocycles. The van der Waals surface area contributed by atoms with Crippen LogP contribution in [0.15, 0.2) is 24.3 Å². The van der Waals surface area contributed by atoms with E-state index in [1.807, 2.05) is 0 Å². The first-order valence-electron chi connectivity index (χ1n) is 5.92. The fourth-order valence-electron chi connectivity index (χ4n) is 2.30. The Labute approximate surface area is 107 Å². The summed E-state index contributed by atoms with van der Waals surface area (Å²) in [5, 5.41) is 3.56. The van der Waals surface area contributed by atoms with Crippen LogP contribution in [0.5, 0.6) is 0 Å². The Morgan fingerprint density at radius 2 is 2.18 bits per heavy atom. The maximum Gasteiger partial charge on any atom is 0.0545 e. The van der Waals surface area contributed by atoms with Crippen LogP contribution < -0.4 is 11.1 Å². The molecule has 17 heavy (non-hydrogen) atoms. The molecule has 0 aliphatic heterocycles. The predicted molar refractivity (Wildman–Crippen MR) is 74.9 cm³/mol. The molecule has 2 unspecified atom stereocenters. The lowest BCUT2D eigenvalue weighted by Crippen LogP contribution is -2.22. The van der Waals surface area contributed by atoms with Crippen LogP contribution in [0.3, 0.4) is 0 Å². The second-order valence-electron chi connectivity index (χ2n) is 4.23. The van der Waals surface area contributed by atoms with E-state index in [2.05, 4.69) is 35.5 Å². The second kappa shape index (κ2) is 6.11. The lowest BCUT2D eigenvalue weighted by Gasteiger charge is -2.13. The van der Waals surface area contributed by atoms with Gasteiger partial charge in [0.05, 0.1) is 5.75 Å². The average molecular weight is 246 g/mol. The van der Waals surface area contributed by atoms with E-state index in [9.17, 15) is 0 Å². The Kier molecular flexibility index (Phi) is 4.49. The Balaban J connectivity index is 1.86. The van der Waals surface area contributed by atoms with Crippen LogP contribution in [-0.2, 0) is 0 Å². The third-order valence-corrected chi connectivity index (χ3v) is 3.95. The van der Waals surface area contributed by atoms with Crippen LogP contribution in [0, 0.1) is 12.3 Å². The van der Waals surface area contributed by atoms with E-state index in [1.54, 1.807) is 11.8 Å². The second-order valence-corrected chi connectivity index (χ2v) is 5.34. The van der Waals surface area contributed by atoms with Crippen molar-refractivity contribution in [2.45, 2.75) is 18.5 Å². The lowest BCUT2D eigenvalue weighted by atomic mass is 10.1. The van der Waals surface area contributed by atoms with Crippen molar-refractivity contribution < 1.29 is 0 Å². The molecule has 2 rings (SSSR count). The predicted octanol–water partition coefficient (Wildman–Crippen LogP) is 2.09. The third kappa shape index (κ3) is 3.04. The molecule has 2 atom stereocenters. The Morgan fingerprint density at radius 1 is 1.41 bits per heavy atom. The van der Waals surface area contributed by atoms with Crippen molar-refractivity contribution in [3.8, 4) is 12.3 Å². The highest BCUT2D eigenvalue weighted by molar-refractivity contribution is 7.99. The highest BCUT2D eigenvalue weighted by Crippen LogP contribution is 2.36. The molecule has 0 bridgehead atoms. The first kappa shape index (κ1) is 12.5. The minimum atomic E-state index is 0.182. The first-order chi connectivity index (χ1) is 8.33. The van der Waals surface area contributed by atoms with Crippen LogP contribution in [0.1, 0.15) is 29.6 Å². The summed E-state index contributed by atoms with van der Waals surface area (Å²) >= 11 is 1.79. The van der Waals surface area contributed by atoms with Gasteiger partial charge in [-0.15, -0.1) is 18.2 Å². The zero-order valence-electron chi connectivity index (χ0n) is 9.86. The molecule has 1 aromatic rings. The molecule has 0 aromatic heterocycles. The van der Waals surface area contributed by atoms with E-state index >= 15 is 0 Å². The number of fused-ring (bicyclic) bond motifs is 1. The van der Waals surface area contributed by atoms with Gasteiger partial charge in [0.2, 0.25) is 0 Å². The molecule has 3 heteroatoms. The number of thioether (sulfide) groups is 1. The molecule has 2 nitrogen and oxygen atoms in total. The highest BCUT2D eigenvalue weighted by atomic mass is 32.2. The summed E-state index contributed by atoms with van der Waals surface area (Å²) in [7, 11) is 0. The van der Waals surface area contributed by atoms with Crippen molar-refractivity contribution in [2.75, 3.05) is 18.1 Å². The van der Waals surface area contributed by atoms with Crippen molar-refractivity contribution in [2.24, 2.45) is 5.73 Å². The molecule has 0 heterocycles. The van der Waals surface area contributed by atoms with Gasteiger partial charge >= 0.3 is 0 Å². The van der Waals surface area contributed by atoms with Crippen molar-refractivity contribution in [1.29, 1.82) is 0 Å². The van der Waals surface area contributed by atoms with Crippen molar-refractivity contribution in [3.05, 3.63) is 35.4 Å². The number of hydrogen-bond acceptors (Lipinski definition) is 3. The summed E-state index contributed by atoms with van der Waals surface area (Å²) in [6.07, 6.45) is 6.21. The zero-order chi connectivity index (χ0) is 12.1. The van der Waals surface area contributed by atoms with Gasteiger partial charge in [-0.2, -0.15) is 0 Å². The molecule has 1 aromatic carbocycles. The fourth-order valence-corrected chi connectivity index (χ4v) is 2.83. The van der Waals surface area contributed by atoms with E-state index in [-0.39, 0.29) is 6.04 Å². The Bertz CT molecular complexity index is 411. The summed E-state index contributed by atoms with van der Waals surface area (Å²) in [5.41, 5.74) is 8.77. The Morgan fingerprint density at radius 3 is 2.94 bits per heavy atom. The zero-order valence-corrected chi connectivity index (χ0v) is 10.7. The van der Waals surface area contributed by atoms with Gasteiger partial charge in [-0.05, 0) is 17.5 Å². The fraction of sp³-hybridized carbons (Fsp3) is 0.429. The number of rotatable bonds is 5. The van der Waals surface area contributed by atoms with E-state index in [0.717, 1.165) is 24.5 Å². The van der Waals surface area contributed by atoms with Gasteiger partial charge in [0.25, 0.3) is 0 Å².